The highest BCUT2D eigenvalue weighted by molar-refractivity contribution is 9.10. The maximum Gasteiger partial charge on any atom is 0.311 e. The molecule has 2 N–H and O–H groups in total. The molecule has 0 unspecified atom stereocenters. The second-order valence-electron chi connectivity index (χ2n) is 7.70. The number of carbonyl (C=O) groups excluding carboxylic acids is 4. The minimum atomic E-state index is -0.900. The molecular formula is C22H21BrN4O7. The first-order valence-electron chi connectivity index (χ1n) is 10.1. The van der Waals surface area contributed by atoms with E-state index in [1.807, 2.05) is 13.8 Å². The molecule has 0 aliphatic carbocycles. The zero-order valence-corrected chi connectivity index (χ0v) is 19.9. The lowest BCUT2D eigenvalue weighted by Crippen LogP contribution is -2.43. The van der Waals surface area contributed by atoms with Crippen molar-refractivity contribution in [2.24, 2.45) is 5.92 Å². The van der Waals surface area contributed by atoms with Crippen LogP contribution in [0.2, 0.25) is 0 Å². The predicted molar refractivity (Wildman–Crippen MR) is 124 cm³/mol. The third kappa shape index (κ3) is 5.76. The minimum absolute atomic E-state index is 0.184. The number of rotatable bonds is 7. The van der Waals surface area contributed by atoms with Gasteiger partial charge in [0.15, 0.2) is 6.61 Å². The Morgan fingerprint density at radius 2 is 1.85 bits per heavy atom. The van der Waals surface area contributed by atoms with E-state index in [-0.39, 0.29) is 18.5 Å². The molecule has 11 nitrogen and oxygen atoms in total. The molecule has 1 fully saturated rings. The van der Waals surface area contributed by atoms with Gasteiger partial charge in [0.1, 0.15) is 5.56 Å². The standard InChI is InChI=1S/C22H21BrN4O7/c1-12-7-15(8-13(2)20(12)23)24-18(28)11-34-22(31)14-9-19(29)26(10-14)25-21(30)16-5-3-4-6-17(16)27(32)33/h3-8,14H,9-11H2,1-2H3,(H,24,28)(H,25,30)/t14-/m0/s1. The molecule has 0 spiro atoms. The van der Waals surface area contributed by atoms with Crippen LogP contribution in [0.1, 0.15) is 27.9 Å². The number of aryl methyl sites for hydroxylation is 2. The second kappa shape index (κ2) is 10.4. The Kier molecular flexibility index (Phi) is 7.61. The number of nitro benzene ring substituents is 1. The van der Waals surface area contributed by atoms with E-state index in [1.165, 1.54) is 24.3 Å². The highest BCUT2D eigenvalue weighted by Gasteiger charge is 2.37. The van der Waals surface area contributed by atoms with E-state index in [4.69, 9.17) is 4.74 Å². The number of para-hydroxylation sites is 1. The Hall–Kier alpha value is -3.80. The van der Waals surface area contributed by atoms with Crippen molar-refractivity contribution in [1.29, 1.82) is 0 Å². The summed E-state index contributed by atoms with van der Waals surface area (Å²) >= 11 is 3.44. The quantitative estimate of drug-likeness (QED) is 0.316. The third-order valence-electron chi connectivity index (χ3n) is 5.11. The van der Waals surface area contributed by atoms with E-state index in [2.05, 4.69) is 26.7 Å². The van der Waals surface area contributed by atoms with Crippen molar-refractivity contribution in [3.8, 4) is 0 Å². The summed E-state index contributed by atoms with van der Waals surface area (Å²) in [4.78, 5) is 59.6. The molecule has 34 heavy (non-hydrogen) atoms. The lowest BCUT2D eigenvalue weighted by atomic mass is 10.1. The van der Waals surface area contributed by atoms with Crippen LogP contribution in [0.3, 0.4) is 0 Å². The molecule has 0 aromatic heterocycles. The van der Waals surface area contributed by atoms with Gasteiger partial charge in [-0.2, -0.15) is 0 Å². The van der Waals surface area contributed by atoms with Gasteiger partial charge in [-0.1, -0.05) is 28.1 Å². The van der Waals surface area contributed by atoms with Crippen LogP contribution in [0.25, 0.3) is 0 Å². The fourth-order valence-corrected chi connectivity index (χ4v) is 3.68. The molecule has 1 aliphatic rings. The smallest absolute Gasteiger partial charge is 0.311 e. The molecule has 1 aliphatic heterocycles. The average Bonchev–Trinajstić information content (AvgIpc) is 3.15. The van der Waals surface area contributed by atoms with Crippen molar-refractivity contribution in [3.05, 3.63) is 67.7 Å². The summed E-state index contributed by atoms with van der Waals surface area (Å²) in [5.41, 5.74) is 4.07. The number of benzene rings is 2. The molecule has 12 heteroatoms. The fraction of sp³-hybridized carbons (Fsp3) is 0.273. The topological polar surface area (TPSA) is 148 Å². The summed E-state index contributed by atoms with van der Waals surface area (Å²) < 4.78 is 5.97. The number of nitro groups is 1. The molecule has 178 valence electrons. The number of nitrogens with zero attached hydrogens (tertiary/aromatic N) is 2. The lowest BCUT2D eigenvalue weighted by molar-refractivity contribution is -0.385. The zero-order chi connectivity index (χ0) is 25.0. The number of nitrogens with one attached hydrogen (secondary N) is 2. The van der Waals surface area contributed by atoms with Gasteiger partial charge < -0.3 is 10.1 Å². The molecule has 3 amide bonds. The normalized spacial score (nSPS) is 15.1. The Morgan fingerprint density at radius 3 is 2.50 bits per heavy atom. The van der Waals surface area contributed by atoms with Gasteiger partial charge in [-0.3, -0.25) is 39.7 Å². The van der Waals surface area contributed by atoms with Crippen LogP contribution < -0.4 is 10.7 Å². The number of hydrazine groups is 1. The zero-order valence-electron chi connectivity index (χ0n) is 18.3. The van der Waals surface area contributed by atoms with Crippen molar-refractivity contribution in [2.45, 2.75) is 20.3 Å². The van der Waals surface area contributed by atoms with E-state index in [1.54, 1.807) is 12.1 Å². The van der Waals surface area contributed by atoms with E-state index >= 15 is 0 Å². The van der Waals surface area contributed by atoms with Crippen LogP contribution in [0.5, 0.6) is 0 Å². The van der Waals surface area contributed by atoms with E-state index in [0.29, 0.717) is 5.69 Å². The van der Waals surface area contributed by atoms with Crippen LogP contribution >= 0.6 is 15.9 Å². The van der Waals surface area contributed by atoms with Gasteiger partial charge in [0.05, 0.1) is 17.4 Å². The first kappa shape index (κ1) is 24.8. The minimum Gasteiger partial charge on any atom is -0.455 e. The van der Waals surface area contributed by atoms with E-state index < -0.39 is 46.8 Å². The number of ether oxygens (including phenoxy) is 1. The van der Waals surface area contributed by atoms with Crippen LogP contribution in [-0.2, 0) is 19.1 Å². The molecule has 0 saturated carbocycles. The molecule has 1 saturated heterocycles. The van der Waals surface area contributed by atoms with Crippen LogP contribution in [0.4, 0.5) is 11.4 Å². The molecule has 0 radical (unpaired) electrons. The largest absolute Gasteiger partial charge is 0.455 e. The Balaban J connectivity index is 1.53. The summed E-state index contributed by atoms with van der Waals surface area (Å²) in [6, 6.07) is 8.83. The molecule has 1 heterocycles. The predicted octanol–water partition coefficient (Wildman–Crippen LogP) is 2.65. The van der Waals surface area contributed by atoms with Gasteiger partial charge in [-0.05, 0) is 43.2 Å². The summed E-state index contributed by atoms with van der Waals surface area (Å²) in [6.07, 6.45) is -0.233. The van der Waals surface area contributed by atoms with Crippen molar-refractivity contribution in [3.63, 3.8) is 0 Å². The maximum absolute atomic E-state index is 12.4. The number of esters is 1. The van der Waals surface area contributed by atoms with Gasteiger partial charge in [0.25, 0.3) is 17.5 Å². The first-order valence-corrected chi connectivity index (χ1v) is 10.9. The maximum atomic E-state index is 12.4. The first-order chi connectivity index (χ1) is 16.1. The van der Waals surface area contributed by atoms with E-state index in [0.717, 1.165) is 20.6 Å². The van der Waals surface area contributed by atoms with Crippen LogP contribution in [-0.4, -0.2) is 46.8 Å². The number of anilines is 1. The third-order valence-corrected chi connectivity index (χ3v) is 6.36. The monoisotopic (exact) mass is 532 g/mol. The van der Waals surface area contributed by atoms with Gasteiger partial charge >= 0.3 is 5.97 Å². The fourth-order valence-electron chi connectivity index (χ4n) is 3.45. The highest BCUT2D eigenvalue weighted by atomic mass is 79.9. The molecule has 2 aromatic rings. The number of halogens is 1. The van der Waals surface area contributed by atoms with Crippen LogP contribution in [0, 0.1) is 29.9 Å². The van der Waals surface area contributed by atoms with Gasteiger partial charge in [-0.15, -0.1) is 0 Å². The number of hydrogen-bond acceptors (Lipinski definition) is 7. The van der Waals surface area contributed by atoms with E-state index in [9.17, 15) is 29.3 Å². The lowest BCUT2D eigenvalue weighted by Gasteiger charge is -2.17. The van der Waals surface area contributed by atoms with Gasteiger partial charge in [-0.25, -0.2) is 0 Å². The Labute approximate surface area is 202 Å². The summed E-state index contributed by atoms with van der Waals surface area (Å²) in [5.74, 6) is -3.62. The van der Waals surface area contributed by atoms with Crippen LogP contribution in [0.15, 0.2) is 40.9 Å². The summed E-state index contributed by atoms with van der Waals surface area (Å²) in [5, 5.41) is 14.7. The summed E-state index contributed by atoms with van der Waals surface area (Å²) in [7, 11) is 0. The second-order valence-corrected chi connectivity index (χ2v) is 8.49. The highest BCUT2D eigenvalue weighted by Crippen LogP contribution is 2.25. The molecule has 3 rings (SSSR count). The molecule has 0 bridgehead atoms. The Morgan fingerprint density at radius 1 is 1.21 bits per heavy atom. The van der Waals surface area contributed by atoms with Crippen molar-refractivity contribution in [1.82, 2.24) is 10.4 Å². The van der Waals surface area contributed by atoms with Gasteiger partial charge in [0, 0.05) is 22.6 Å². The molecular weight excluding hydrogens is 512 g/mol. The SMILES string of the molecule is Cc1cc(NC(=O)COC(=O)[C@H]2CC(=O)N(NC(=O)c3ccccc3[N+](=O)[O-])C2)cc(C)c1Br. The number of amides is 3. The van der Waals surface area contributed by atoms with Crippen molar-refractivity contribution in [2.75, 3.05) is 18.5 Å². The van der Waals surface area contributed by atoms with Crippen molar-refractivity contribution >= 4 is 51.0 Å². The number of hydrogen-bond donors (Lipinski definition) is 2. The molecule has 2 aromatic carbocycles. The molecule has 1 atom stereocenters. The summed E-state index contributed by atoms with van der Waals surface area (Å²) in [6.45, 7) is 3.03. The van der Waals surface area contributed by atoms with Crippen molar-refractivity contribution < 1.29 is 28.8 Å². The Bertz CT molecular complexity index is 1160. The number of carbonyl (C=O) groups is 4. The average molecular weight is 533 g/mol. The van der Waals surface area contributed by atoms with Gasteiger partial charge in [0.2, 0.25) is 5.91 Å².